The zero-order chi connectivity index (χ0) is 16.3. The molecular formula is C11H18FN3O6. The summed E-state index contributed by atoms with van der Waals surface area (Å²) in [5.74, 6) is -2.57. The maximum Gasteiger partial charge on any atom is 0.326 e. The predicted molar refractivity (Wildman–Crippen MR) is 68.7 cm³/mol. The summed E-state index contributed by atoms with van der Waals surface area (Å²) < 4.78 is 11.9. The summed E-state index contributed by atoms with van der Waals surface area (Å²) in [7, 11) is 0. The number of nitrogens with one attached hydrogen (secondary N) is 3. The SMILES string of the molecule is O=C[C@H](CNCCF)NC(=O)N[C@@H](CCC(=O)O)C(=O)O. The Morgan fingerprint density at radius 1 is 1.19 bits per heavy atom. The minimum Gasteiger partial charge on any atom is -0.481 e. The summed E-state index contributed by atoms with van der Waals surface area (Å²) in [6, 6.07) is -3.26. The van der Waals surface area contributed by atoms with Gasteiger partial charge >= 0.3 is 18.0 Å². The van der Waals surface area contributed by atoms with Crippen LogP contribution in [0.25, 0.3) is 0 Å². The van der Waals surface area contributed by atoms with Gasteiger partial charge in [-0.1, -0.05) is 0 Å². The molecule has 0 aromatic carbocycles. The Labute approximate surface area is 119 Å². The summed E-state index contributed by atoms with van der Waals surface area (Å²) in [6.07, 6.45) is -0.297. The fourth-order valence-electron chi connectivity index (χ4n) is 1.35. The smallest absolute Gasteiger partial charge is 0.326 e. The first-order chi connectivity index (χ1) is 9.90. The molecule has 10 heteroatoms. The van der Waals surface area contributed by atoms with Crippen LogP contribution in [0.1, 0.15) is 12.8 Å². The molecule has 21 heavy (non-hydrogen) atoms. The van der Waals surface area contributed by atoms with Crippen molar-refractivity contribution < 1.29 is 33.8 Å². The van der Waals surface area contributed by atoms with Crippen molar-refractivity contribution in [2.45, 2.75) is 24.9 Å². The van der Waals surface area contributed by atoms with Crippen molar-refractivity contribution in [3.63, 3.8) is 0 Å². The van der Waals surface area contributed by atoms with Gasteiger partial charge in [-0.05, 0) is 6.42 Å². The largest absolute Gasteiger partial charge is 0.481 e. The summed E-state index contributed by atoms with van der Waals surface area (Å²) in [5, 5.41) is 24.1. The first kappa shape index (κ1) is 18.8. The van der Waals surface area contributed by atoms with Crippen LogP contribution in [0.2, 0.25) is 0 Å². The lowest BCUT2D eigenvalue weighted by molar-refractivity contribution is -0.140. The van der Waals surface area contributed by atoms with Gasteiger partial charge in [0.1, 0.15) is 19.0 Å². The van der Waals surface area contributed by atoms with Crippen LogP contribution in [0.5, 0.6) is 0 Å². The fourth-order valence-corrected chi connectivity index (χ4v) is 1.35. The molecule has 0 heterocycles. The lowest BCUT2D eigenvalue weighted by Gasteiger charge is -2.17. The number of urea groups is 1. The monoisotopic (exact) mass is 307 g/mol. The van der Waals surface area contributed by atoms with Crippen LogP contribution < -0.4 is 16.0 Å². The molecule has 0 radical (unpaired) electrons. The molecule has 0 aliphatic carbocycles. The third-order valence-corrected chi connectivity index (χ3v) is 2.37. The van der Waals surface area contributed by atoms with Gasteiger partial charge in [-0.15, -0.1) is 0 Å². The van der Waals surface area contributed by atoms with Gasteiger partial charge in [0.05, 0.1) is 6.04 Å². The molecule has 0 aromatic rings. The van der Waals surface area contributed by atoms with E-state index in [9.17, 15) is 23.6 Å². The number of hydrogen-bond acceptors (Lipinski definition) is 5. The van der Waals surface area contributed by atoms with Crippen LogP contribution >= 0.6 is 0 Å². The average molecular weight is 307 g/mol. The number of amides is 2. The lowest BCUT2D eigenvalue weighted by atomic mass is 10.1. The Hall–Kier alpha value is -2.23. The number of aliphatic carboxylic acids is 2. The molecule has 120 valence electrons. The van der Waals surface area contributed by atoms with Crippen molar-refractivity contribution in [2.24, 2.45) is 0 Å². The van der Waals surface area contributed by atoms with E-state index in [4.69, 9.17) is 10.2 Å². The third-order valence-electron chi connectivity index (χ3n) is 2.37. The quantitative estimate of drug-likeness (QED) is 0.236. The average Bonchev–Trinajstić information content (AvgIpc) is 2.41. The highest BCUT2D eigenvalue weighted by Gasteiger charge is 2.22. The second-order valence-corrected chi connectivity index (χ2v) is 4.08. The van der Waals surface area contributed by atoms with Gasteiger partial charge in [0, 0.05) is 19.5 Å². The first-order valence-electron chi connectivity index (χ1n) is 6.14. The minimum absolute atomic E-state index is 0.00625. The Morgan fingerprint density at radius 2 is 1.86 bits per heavy atom. The van der Waals surface area contributed by atoms with Crippen LogP contribution in [-0.2, 0) is 14.4 Å². The molecule has 0 unspecified atom stereocenters. The van der Waals surface area contributed by atoms with E-state index in [0.717, 1.165) is 0 Å². The number of carbonyl (C=O) groups is 4. The molecule has 0 saturated carbocycles. The maximum atomic E-state index is 11.9. The molecule has 9 nitrogen and oxygen atoms in total. The fraction of sp³-hybridized carbons (Fsp3) is 0.636. The van der Waals surface area contributed by atoms with Gasteiger partial charge in [-0.25, -0.2) is 14.0 Å². The summed E-state index contributed by atoms with van der Waals surface area (Å²) in [6.45, 7) is -0.619. The van der Waals surface area contributed by atoms with Gasteiger partial charge in [-0.2, -0.15) is 0 Å². The highest BCUT2D eigenvalue weighted by Crippen LogP contribution is 1.98. The number of aldehydes is 1. The molecule has 0 aliphatic heterocycles. The number of halogens is 1. The maximum absolute atomic E-state index is 11.9. The molecule has 2 amide bonds. The molecule has 0 bridgehead atoms. The van der Waals surface area contributed by atoms with Crippen molar-refractivity contribution in [1.82, 2.24) is 16.0 Å². The predicted octanol–water partition coefficient (Wildman–Crippen LogP) is -1.27. The number of carboxylic acids is 2. The van der Waals surface area contributed by atoms with Gasteiger partial charge < -0.3 is 31.0 Å². The topological polar surface area (TPSA) is 145 Å². The van der Waals surface area contributed by atoms with Crippen molar-refractivity contribution in [2.75, 3.05) is 19.8 Å². The zero-order valence-electron chi connectivity index (χ0n) is 11.2. The minimum atomic E-state index is -1.38. The Bertz CT molecular complexity index is 379. The number of carbonyl (C=O) groups excluding carboxylic acids is 2. The molecule has 0 fully saturated rings. The molecular weight excluding hydrogens is 289 g/mol. The van der Waals surface area contributed by atoms with E-state index in [-0.39, 0.29) is 19.5 Å². The van der Waals surface area contributed by atoms with E-state index >= 15 is 0 Å². The second kappa shape index (κ2) is 10.5. The highest BCUT2D eigenvalue weighted by atomic mass is 19.1. The number of carboxylic acid groups (broad SMARTS) is 2. The van der Waals surface area contributed by atoms with Crippen LogP contribution in [0.3, 0.4) is 0 Å². The van der Waals surface area contributed by atoms with Gasteiger partial charge in [0.2, 0.25) is 0 Å². The Balaban J connectivity index is 4.30. The third kappa shape index (κ3) is 9.32. The first-order valence-corrected chi connectivity index (χ1v) is 6.14. The summed E-state index contributed by atoms with van der Waals surface area (Å²) >= 11 is 0. The van der Waals surface area contributed by atoms with Crippen LogP contribution in [0, 0.1) is 0 Å². The van der Waals surface area contributed by atoms with Gasteiger partial charge in [0.15, 0.2) is 0 Å². The van der Waals surface area contributed by atoms with E-state index in [1.165, 1.54) is 0 Å². The van der Waals surface area contributed by atoms with Crippen LogP contribution in [-0.4, -0.2) is 66.3 Å². The van der Waals surface area contributed by atoms with E-state index in [2.05, 4.69) is 16.0 Å². The second-order valence-electron chi connectivity index (χ2n) is 4.08. The van der Waals surface area contributed by atoms with E-state index in [1.807, 2.05) is 0 Å². The number of rotatable bonds is 11. The van der Waals surface area contributed by atoms with Gasteiger partial charge in [0.25, 0.3) is 0 Å². The van der Waals surface area contributed by atoms with E-state index < -0.39 is 43.1 Å². The lowest BCUT2D eigenvalue weighted by Crippen LogP contribution is -2.52. The normalized spacial score (nSPS) is 13.0. The molecule has 0 aromatic heterocycles. The molecule has 0 aliphatic rings. The molecule has 0 saturated heterocycles. The van der Waals surface area contributed by atoms with Crippen molar-refractivity contribution in [3.05, 3.63) is 0 Å². The molecule has 2 atom stereocenters. The van der Waals surface area contributed by atoms with E-state index in [0.29, 0.717) is 6.29 Å². The zero-order valence-corrected chi connectivity index (χ0v) is 11.2. The van der Waals surface area contributed by atoms with Crippen LogP contribution in [0.15, 0.2) is 0 Å². The Morgan fingerprint density at radius 3 is 2.33 bits per heavy atom. The Kier molecular flexibility index (Phi) is 9.43. The van der Waals surface area contributed by atoms with E-state index in [1.54, 1.807) is 0 Å². The number of hydrogen-bond donors (Lipinski definition) is 5. The van der Waals surface area contributed by atoms with Crippen LogP contribution in [0.4, 0.5) is 9.18 Å². The molecule has 0 spiro atoms. The van der Waals surface area contributed by atoms with Crippen molar-refractivity contribution >= 4 is 24.3 Å². The summed E-state index contributed by atoms with van der Waals surface area (Å²) in [5.41, 5.74) is 0. The van der Waals surface area contributed by atoms with Crippen molar-refractivity contribution in [3.8, 4) is 0 Å². The summed E-state index contributed by atoms with van der Waals surface area (Å²) in [4.78, 5) is 43.4. The highest BCUT2D eigenvalue weighted by molar-refractivity contribution is 5.84. The molecule has 5 N–H and O–H groups in total. The number of alkyl halides is 1. The van der Waals surface area contributed by atoms with Gasteiger partial charge in [-0.3, -0.25) is 4.79 Å². The molecule has 0 rings (SSSR count). The van der Waals surface area contributed by atoms with Crippen molar-refractivity contribution in [1.29, 1.82) is 0 Å². The standard InChI is InChI=1S/C11H18FN3O6/c12-3-4-13-5-7(6-16)14-11(21)15-8(10(19)20)1-2-9(17)18/h6-8,13H,1-5H2,(H,17,18)(H,19,20)(H2,14,15,21)/t7-,8-/m0/s1.